The van der Waals surface area contributed by atoms with Crippen LogP contribution in [0, 0.1) is 0 Å². The van der Waals surface area contributed by atoms with Crippen LogP contribution in [-0.4, -0.2) is 96.5 Å². The maximum absolute atomic E-state index is 13.4. The summed E-state index contributed by atoms with van der Waals surface area (Å²) in [7, 11) is 0. The number of carboxylic acid groups (broad SMARTS) is 4. The van der Waals surface area contributed by atoms with E-state index in [9.17, 15) is 54.6 Å². The van der Waals surface area contributed by atoms with Gasteiger partial charge in [-0.2, -0.15) is 0 Å². The number of nitrogens with zero attached hydrogens (tertiary/aromatic N) is 2. The topological polar surface area (TPSA) is 232 Å². The van der Waals surface area contributed by atoms with E-state index in [0.29, 0.717) is 16.7 Å². The smallest absolute Gasteiger partial charge is 0.340 e. The first-order chi connectivity index (χ1) is 23.3. The van der Waals surface area contributed by atoms with Crippen LogP contribution in [-0.2, 0) is 42.6 Å². The zero-order chi connectivity index (χ0) is 35.5. The molecular weight excluding hydrogens is 644 g/mol. The van der Waals surface area contributed by atoms with Gasteiger partial charge in [0, 0.05) is 79.2 Å². The zero-order valence-electron chi connectivity index (χ0n) is 26.1. The Hall–Kier alpha value is -5.67. The van der Waals surface area contributed by atoms with E-state index in [0.717, 1.165) is 0 Å². The first-order valence-electron chi connectivity index (χ1n) is 15.3. The van der Waals surface area contributed by atoms with Gasteiger partial charge in [0.05, 0.1) is 31.2 Å². The van der Waals surface area contributed by atoms with Crippen molar-refractivity contribution < 1.29 is 64.1 Å². The normalized spacial score (nSPS) is 13.8. The lowest BCUT2D eigenvalue weighted by atomic mass is 9.76. The fraction of sp³-hybridized carbons (Fsp3) is 0.324. The third-order valence-corrected chi connectivity index (χ3v) is 8.47. The molecule has 0 unspecified atom stereocenters. The highest BCUT2D eigenvalue weighted by molar-refractivity contribution is 5.97. The average molecular weight is 679 g/mol. The van der Waals surface area contributed by atoms with E-state index < -0.39 is 35.4 Å². The third kappa shape index (κ3) is 7.42. The first kappa shape index (κ1) is 34.7. The number of carboxylic acids is 4. The summed E-state index contributed by atoms with van der Waals surface area (Å²) < 4.78 is 12.4. The number of hydrogen-bond acceptors (Lipinski definition) is 11. The minimum atomic E-state index is -1.67. The molecule has 3 aromatic carbocycles. The largest absolute Gasteiger partial charge is 0.507 e. The van der Waals surface area contributed by atoms with Gasteiger partial charge < -0.3 is 40.1 Å². The van der Waals surface area contributed by atoms with Gasteiger partial charge in [-0.25, -0.2) is 4.79 Å². The van der Waals surface area contributed by atoms with Crippen LogP contribution in [0.5, 0.6) is 23.0 Å². The second kappa shape index (κ2) is 14.2. The van der Waals surface area contributed by atoms with Crippen LogP contribution in [0.25, 0.3) is 0 Å². The van der Waals surface area contributed by atoms with Gasteiger partial charge in [0.1, 0.15) is 23.0 Å². The van der Waals surface area contributed by atoms with E-state index >= 15 is 0 Å². The van der Waals surface area contributed by atoms with Crippen LogP contribution in [0.15, 0.2) is 48.5 Å². The number of carbonyl (C=O) groups is 5. The molecule has 0 aliphatic carbocycles. The van der Waals surface area contributed by atoms with Crippen LogP contribution in [0.1, 0.15) is 63.9 Å². The molecule has 49 heavy (non-hydrogen) atoms. The SMILES string of the molecule is O=C(O)CCN(CCC(=O)O)Cc1cc2c(cc1O)Oc1cc(O)c(CN(CCC(=O)O)CCC(=O)O)cc1C21OC(=O)c2ccccc21. The first-order valence-corrected chi connectivity index (χ1v) is 15.3. The second-order valence-corrected chi connectivity index (χ2v) is 11.8. The van der Waals surface area contributed by atoms with Crippen molar-refractivity contribution in [2.45, 2.75) is 44.4 Å². The van der Waals surface area contributed by atoms with Crippen LogP contribution < -0.4 is 4.74 Å². The lowest BCUT2D eigenvalue weighted by Gasteiger charge is -2.37. The standard InChI is InChI=1S/C34H34N2O13/c37-25-15-27-23(13-19(25)17-35(9-5-29(39)40)10-6-30(41)42)34(22-4-2-1-3-21(22)33(47)49-34)24-14-20(26(38)16-28(24)48-27)18-36(11-7-31(43)44)12-8-32(45)46/h1-4,13-16,37-38H,5-12,17-18H2,(H,39,40)(H,41,42)(H,43,44)(H,45,46). The summed E-state index contributed by atoms with van der Waals surface area (Å²) in [6.07, 6.45) is -1.12. The van der Waals surface area contributed by atoms with Gasteiger partial charge in [0.2, 0.25) is 0 Å². The molecule has 0 saturated heterocycles. The van der Waals surface area contributed by atoms with Crippen LogP contribution in [0.2, 0.25) is 0 Å². The van der Waals surface area contributed by atoms with Crippen molar-refractivity contribution in [3.05, 3.63) is 81.9 Å². The number of aliphatic carboxylic acids is 4. The number of esters is 1. The number of phenols is 2. The number of benzene rings is 3. The second-order valence-electron chi connectivity index (χ2n) is 11.8. The molecule has 0 amide bonds. The summed E-state index contributed by atoms with van der Waals surface area (Å²) in [6.45, 7) is -0.147. The van der Waals surface area contributed by atoms with E-state index in [1.54, 1.807) is 46.2 Å². The third-order valence-electron chi connectivity index (χ3n) is 8.47. The number of rotatable bonds is 16. The number of phenolic OH excluding ortho intramolecular Hbond substituents is 2. The lowest BCUT2D eigenvalue weighted by molar-refractivity contribution is -0.139. The predicted octanol–water partition coefficient (Wildman–Crippen LogP) is 3.17. The molecule has 0 aromatic heterocycles. The minimum absolute atomic E-state index is 0.00960. The fourth-order valence-electron chi connectivity index (χ4n) is 6.12. The maximum atomic E-state index is 13.4. The minimum Gasteiger partial charge on any atom is -0.507 e. The molecular formula is C34H34N2O13. The van der Waals surface area contributed by atoms with Crippen LogP contribution in [0.4, 0.5) is 0 Å². The molecule has 2 aliphatic heterocycles. The number of carbonyl (C=O) groups excluding carboxylic acids is 1. The maximum Gasteiger partial charge on any atom is 0.340 e. The molecule has 6 N–H and O–H groups in total. The Morgan fingerprint density at radius 3 is 1.43 bits per heavy atom. The summed E-state index contributed by atoms with van der Waals surface area (Å²) in [5, 5.41) is 59.1. The highest BCUT2D eigenvalue weighted by Crippen LogP contribution is 2.58. The average Bonchev–Trinajstić information content (AvgIpc) is 3.33. The lowest BCUT2D eigenvalue weighted by Crippen LogP contribution is -2.34. The Balaban J connectivity index is 1.63. The Morgan fingerprint density at radius 1 is 0.612 bits per heavy atom. The number of hydrogen-bond donors (Lipinski definition) is 6. The molecule has 2 heterocycles. The quantitative estimate of drug-likeness (QED) is 0.119. The van der Waals surface area contributed by atoms with Crippen LogP contribution >= 0.6 is 0 Å². The Kier molecular flexibility index (Phi) is 10.1. The molecule has 15 heteroatoms. The highest BCUT2D eigenvalue weighted by atomic mass is 16.6. The Morgan fingerprint density at radius 2 is 1.02 bits per heavy atom. The molecule has 0 bridgehead atoms. The molecule has 3 aromatic rings. The van der Waals surface area contributed by atoms with Crippen molar-refractivity contribution in [2.75, 3.05) is 26.2 Å². The van der Waals surface area contributed by atoms with Crippen molar-refractivity contribution in [2.24, 2.45) is 0 Å². The monoisotopic (exact) mass is 678 g/mol. The molecule has 5 rings (SSSR count). The molecule has 0 atom stereocenters. The number of fused-ring (bicyclic) bond motifs is 6. The van der Waals surface area contributed by atoms with E-state index in [2.05, 4.69) is 0 Å². The van der Waals surface area contributed by atoms with E-state index in [1.807, 2.05) is 0 Å². The summed E-state index contributed by atoms with van der Waals surface area (Å²) in [4.78, 5) is 61.8. The van der Waals surface area contributed by atoms with Crippen molar-refractivity contribution in [1.29, 1.82) is 0 Å². The summed E-state index contributed by atoms with van der Waals surface area (Å²) in [6, 6.07) is 12.4. The van der Waals surface area contributed by atoms with Crippen LogP contribution in [0.3, 0.4) is 0 Å². The zero-order valence-corrected chi connectivity index (χ0v) is 26.1. The van der Waals surface area contributed by atoms with Gasteiger partial charge in [-0.3, -0.25) is 29.0 Å². The summed E-state index contributed by atoms with van der Waals surface area (Å²) >= 11 is 0. The van der Waals surface area contributed by atoms with Gasteiger partial charge in [-0.05, 0) is 18.2 Å². The molecule has 0 saturated carbocycles. The fourth-order valence-corrected chi connectivity index (χ4v) is 6.12. The molecule has 15 nitrogen and oxygen atoms in total. The molecule has 1 spiro atoms. The van der Waals surface area contributed by atoms with E-state index in [4.69, 9.17) is 9.47 Å². The van der Waals surface area contributed by atoms with E-state index in [1.165, 1.54) is 12.1 Å². The van der Waals surface area contributed by atoms with Gasteiger partial charge in [0.15, 0.2) is 5.60 Å². The van der Waals surface area contributed by atoms with Crippen molar-refractivity contribution >= 4 is 29.8 Å². The van der Waals surface area contributed by atoms with Gasteiger partial charge in [-0.15, -0.1) is 0 Å². The predicted molar refractivity (Wildman–Crippen MR) is 168 cm³/mol. The Labute approximate surface area is 279 Å². The number of aromatic hydroxyl groups is 2. The number of ether oxygens (including phenoxy) is 2. The van der Waals surface area contributed by atoms with Crippen molar-refractivity contribution in [3.63, 3.8) is 0 Å². The summed E-state index contributed by atoms with van der Waals surface area (Å²) in [5.74, 6) is -5.32. The van der Waals surface area contributed by atoms with Gasteiger partial charge >= 0.3 is 29.8 Å². The molecule has 2 aliphatic rings. The molecule has 0 fully saturated rings. The van der Waals surface area contributed by atoms with Gasteiger partial charge in [-0.1, -0.05) is 18.2 Å². The Bertz CT molecular complexity index is 1690. The van der Waals surface area contributed by atoms with E-state index in [-0.39, 0.29) is 105 Å². The molecule has 258 valence electrons. The highest BCUT2D eigenvalue weighted by Gasteiger charge is 2.54. The summed E-state index contributed by atoms with van der Waals surface area (Å²) in [5.41, 5.74) is 0.158. The molecule has 0 radical (unpaired) electrons. The van der Waals surface area contributed by atoms with Gasteiger partial charge in [0.25, 0.3) is 0 Å². The van der Waals surface area contributed by atoms with Crippen molar-refractivity contribution in [3.8, 4) is 23.0 Å². The van der Waals surface area contributed by atoms with Crippen molar-refractivity contribution in [1.82, 2.24) is 9.80 Å².